The van der Waals surface area contributed by atoms with E-state index in [1.165, 1.54) is 0 Å². The molecule has 0 aliphatic carbocycles. The van der Waals surface area contributed by atoms with Gasteiger partial charge in [-0.15, -0.1) is 0 Å². The van der Waals surface area contributed by atoms with Gasteiger partial charge in [0, 0.05) is 35.6 Å². The van der Waals surface area contributed by atoms with Gasteiger partial charge in [0.1, 0.15) is 11.6 Å². The molecule has 3 heterocycles. The number of nitrogens with one attached hydrogen (secondary N) is 1. The van der Waals surface area contributed by atoms with E-state index >= 15 is 0 Å². The zero-order chi connectivity index (χ0) is 18.1. The Labute approximate surface area is 146 Å². The van der Waals surface area contributed by atoms with E-state index in [0.29, 0.717) is 29.7 Å². The minimum absolute atomic E-state index is 0.138. The normalized spacial score (nSPS) is 20.5. The fourth-order valence-corrected chi connectivity index (χ4v) is 3.14. The zero-order valence-corrected chi connectivity index (χ0v) is 14.7. The Balaban J connectivity index is 1.87. The smallest absolute Gasteiger partial charge is 0.254 e. The minimum atomic E-state index is -0.259. The van der Waals surface area contributed by atoms with Crippen molar-refractivity contribution in [3.8, 4) is 11.4 Å². The summed E-state index contributed by atoms with van der Waals surface area (Å²) in [6, 6.07) is 4.08. The van der Waals surface area contributed by atoms with Crippen LogP contribution in [0.1, 0.15) is 31.0 Å². The molecule has 0 radical (unpaired) electrons. The first-order valence-corrected chi connectivity index (χ1v) is 8.46. The standard InChI is InChI=1S/C18H23N5O2/c1-10-4-5-14(16(19)24)9-23(10)15-7-6-13(8-20-15)17-21-12(3)11(2)18(25)22-17/h6-8,10,14H,4-5,9H2,1-3H3,(H2,19,24)(H,21,22,25). The number of anilines is 1. The van der Waals surface area contributed by atoms with Gasteiger partial charge in [0.2, 0.25) is 5.91 Å². The number of piperidine rings is 1. The van der Waals surface area contributed by atoms with Crippen LogP contribution >= 0.6 is 0 Å². The Kier molecular flexibility index (Phi) is 4.57. The third-order valence-corrected chi connectivity index (χ3v) is 4.99. The molecular weight excluding hydrogens is 318 g/mol. The van der Waals surface area contributed by atoms with Crippen LogP contribution in [0.4, 0.5) is 5.82 Å². The Morgan fingerprint density at radius 1 is 1.32 bits per heavy atom. The number of nitrogens with two attached hydrogens (primary N) is 1. The van der Waals surface area contributed by atoms with Crippen LogP contribution in [0.2, 0.25) is 0 Å². The fourth-order valence-electron chi connectivity index (χ4n) is 3.14. The lowest BCUT2D eigenvalue weighted by Gasteiger charge is -2.37. The number of H-pyrrole nitrogens is 1. The maximum absolute atomic E-state index is 11.9. The highest BCUT2D eigenvalue weighted by molar-refractivity contribution is 5.77. The number of hydrogen-bond acceptors (Lipinski definition) is 5. The van der Waals surface area contributed by atoms with E-state index in [-0.39, 0.29) is 17.4 Å². The SMILES string of the molecule is Cc1nc(-c2ccc(N3CC(C(N)=O)CCC3C)nc2)[nH]c(=O)c1C. The molecule has 0 saturated carbocycles. The van der Waals surface area contributed by atoms with Gasteiger partial charge in [-0.25, -0.2) is 9.97 Å². The number of pyridine rings is 1. The summed E-state index contributed by atoms with van der Waals surface area (Å²) in [7, 11) is 0. The van der Waals surface area contributed by atoms with E-state index < -0.39 is 0 Å². The van der Waals surface area contributed by atoms with E-state index in [2.05, 4.69) is 26.8 Å². The molecule has 0 spiro atoms. The molecule has 25 heavy (non-hydrogen) atoms. The number of amides is 1. The number of carbonyl (C=O) groups excluding carboxylic acids is 1. The summed E-state index contributed by atoms with van der Waals surface area (Å²) in [6.07, 6.45) is 3.42. The molecule has 1 saturated heterocycles. The highest BCUT2D eigenvalue weighted by Crippen LogP contribution is 2.27. The molecule has 1 fully saturated rings. The topological polar surface area (TPSA) is 105 Å². The number of primary amides is 1. The van der Waals surface area contributed by atoms with Crippen LogP contribution in [0.3, 0.4) is 0 Å². The molecule has 3 N–H and O–H groups in total. The lowest BCUT2D eigenvalue weighted by molar-refractivity contribution is -0.122. The van der Waals surface area contributed by atoms with Crippen molar-refractivity contribution in [1.82, 2.24) is 15.0 Å². The van der Waals surface area contributed by atoms with Crippen LogP contribution in [-0.2, 0) is 4.79 Å². The van der Waals surface area contributed by atoms with Crippen LogP contribution in [0.25, 0.3) is 11.4 Å². The highest BCUT2D eigenvalue weighted by atomic mass is 16.1. The van der Waals surface area contributed by atoms with Gasteiger partial charge in [-0.05, 0) is 45.7 Å². The van der Waals surface area contributed by atoms with Gasteiger partial charge >= 0.3 is 0 Å². The monoisotopic (exact) mass is 341 g/mol. The molecule has 1 amide bonds. The van der Waals surface area contributed by atoms with Crippen LogP contribution < -0.4 is 16.2 Å². The molecule has 2 unspecified atom stereocenters. The fraction of sp³-hybridized carbons (Fsp3) is 0.444. The van der Waals surface area contributed by atoms with Crippen molar-refractivity contribution in [2.24, 2.45) is 11.7 Å². The quantitative estimate of drug-likeness (QED) is 0.881. The third kappa shape index (κ3) is 3.40. The van der Waals surface area contributed by atoms with Crippen molar-refractivity contribution >= 4 is 11.7 Å². The molecule has 2 atom stereocenters. The number of nitrogens with zero attached hydrogens (tertiary/aromatic N) is 3. The maximum Gasteiger partial charge on any atom is 0.254 e. The van der Waals surface area contributed by atoms with Crippen molar-refractivity contribution < 1.29 is 4.79 Å². The largest absolute Gasteiger partial charge is 0.369 e. The molecule has 2 aromatic heterocycles. The summed E-state index contributed by atoms with van der Waals surface area (Å²) in [6.45, 7) is 6.27. The summed E-state index contributed by atoms with van der Waals surface area (Å²) >= 11 is 0. The molecule has 1 aliphatic heterocycles. The third-order valence-electron chi connectivity index (χ3n) is 4.99. The highest BCUT2D eigenvalue weighted by Gasteiger charge is 2.29. The van der Waals surface area contributed by atoms with E-state index in [4.69, 9.17) is 5.73 Å². The summed E-state index contributed by atoms with van der Waals surface area (Å²) < 4.78 is 0. The van der Waals surface area contributed by atoms with Crippen molar-refractivity contribution in [2.45, 2.75) is 39.7 Å². The summed E-state index contributed by atoms with van der Waals surface area (Å²) in [5.74, 6) is 0.906. The van der Waals surface area contributed by atoms with Crippen LogP contribution in [0.15, 0.2) is 23.1 Å². The summed E-state index contributed by atoms with van der Waals surface area (Å²) in [5.41, 5.74) is 7.40. The van der Waals surface area contributed by atoms with Gasteiger partial charge in [0.25, 0.3) is 5.56 Å². The molecule has 7 heteroatoms. The molecule has 3 rings (SSSR count). The minimum Gasteiger partial charge on any atom is -0.369 e. The first kappa shape index (κ1) is 17.1. The lowest BCUT2D eigenvalue weighted by Crippen LogP contribution is -2.46. The Hall–Kier alpha value is -2.70. The number of aryl methyl sites for hydroxylation is 1. The van der Waals surface area contributed by atoms with Gasteiger partial charge in [-0.1, -0.05) is 0 Å². The Morgan fingerprint density at radius 3 is 2.68 bits per heavy atom. The second-order valence-corrected chi connectivity index (χ2v) is 6.71. The van der Waals surface area contributed by atoms with E-state index in [0.717, 1.165) is 24.2 Å². The van der Waals surface area contributed by atoms with E-state index in [9.17, 15) is 9.59 Å². The van der Waals surface area contributed by atoms with Crippen LogP contribution in [0.5, 0.6) is 0 Å². The van der Waals surface area contributed by atoms with Crippen molar-refractivity contribution in [2.75, 3.05) is 11.4 Å². The number of carbonyl (C=O) groups is 1. The molecular formula is C18H23N5O2. The van der Waals surface area contributed by atoms with Gasteiger partial charge in [0.15, 0.2) is 0 Å². The second kappa shape index (κ2) is 6.66. The number of hydrogen-bond donors (Lipinski definition) is 2. The number of aromatic amines is 1. The summed E-state index contributed by atoms with van der Waals surface area (Å²) in [5, 5.41) is 0. The van der Waals surface area contributed by atoms with Crippen molar-refractivity contribution in [3.05, 3.63) is 39.9 Å². The first-order chi connectivity index (χ1) is 11.9. The Morgan fingerprint density at radius 2 is 2.08 bits per heavy atom. The molecule has 1 aliphatic rings. The Bertz CT molecular complexity index is 844. The van der Waals surface area contributed by atoms with Gasteiger partial charge in [-0.2, -0.15) is 0 Å². The molecule has 2 aromatic rings. The van der Waals surface area contributed by atoms with E-state index in [1.54, 1.807) is 13.1 Å². The summed E-state index contributed by atoms with van der Waals surface area (Å²) in [4.78, 5) is 37.3. The maximum atomic E-state index is 11.9. The van der Waals surface area contributed by atoms with Crippen LogP contribution in [0, 0.1) is 19.8 Å². The average molecular weight is 341 g/mol. The van der Waals surface area contributed by atoms with Gasteiger partial charge < -0.3 is 15.6 Å². The predicted octanol–water partition coefficient (Wildman–Crippen LogP) is 1.54. The van der Waals surface area contributed by atoms with E-state index in [1.807, 2.05) is 19.1 Å². The van der Waals surface area contributed by atoms with Crippen LogP contribution in [-0.4, -0.2) is 33.4 Å². The number of rotatable bonds is 3. The van der Waals surface area contributed by atoms with Gasteiger partial charge in [-0.3, -0.25) is 9.59 Å². The second-order valence-electron chi connectivity index (χ2n) is 6.71. The molecule has 132 valence electrons. The molecule has 7 nitrogen and oxygen atoms in total. The zero-order valence-electron chi connectivity index (χ0n) is 14.7. The first-order valence-electron chi connectivity index (χ1n) is 8.46. The lowest BCUT2D eigenvalue weighted by atomic mass is 9.93. The molecule has 0 bridgehead atoms. The average Bonchev–Trinajstić information content (AvgIpc) is 2.59. The van der Waals surface area contributed by atoms with Gasteiger partial charge in [0.05, 0.1) is 5.92 Å². The van der Waals surface area contributed by atoms with Crippen molar-refractivity contribution in [3.63, 3.8) is 0 Å². The van der Waals surface area contributed by atoms with Crippen molar-refractivity contribution in [1.29, 1.82) is 0 Å². The number of aromatic nitrogens is 3. The molecule has 0 aromatic carbocycles. The predicted molar refractivity (Wildman–Crippen MR) is 96.3 cm³/mol.